The highest BCUT2D eigenvalue weighted by molar-refractivity contribution is 7.22. The van der Waals surface area contributed by atoms with Crippen molar-refractivity contribution in [3.05, 3.63) is 77.4 Å². The molecule has 8 heteroatoms. The first kappa shape index (κ1) is 22.3. The summed E-state index contributed by atoms with van der Waals surface area (Å²) in [5.74, 6) is 0.794. The van der Waals surface area contributed by atoms with Crippen LogP contribution in [0.3, 0.4) is 0 Å². The van der Waals surface area contributed by atoms with Gasteiger partial charge in [-0.05, 0) is 42.3 Å². The molecule has 0 spiro atoms. The van der Waals surface area contributed by atoms with E-state index in [1.165, 1.54) is 37.7 Å². The van der Waals surface area contributed by atoms with Gasteiger partial charge in [-0.1, -0.05) is 47.7 Å². The van der Waals surface area contributed by atoms with Gasteiger partial charge in [-0.3, -0.25) is 4.79 Å². The van der Waals surface area contributed by atoms with E-state index in [4.69, 9.17) is 14.2 Å². The van der Waals surface area contributed by atoms with E-state index in [-0.39, 0.29) is 5.91 Å². The van der Waals surface area contributed by atoms with Crippen molar-refractivity contribution in [2.75, 3.05) is 26.3 Å². The first-order chi connectivity index (χ1) is 16.0. The lowest BCUT2D eigenvalue weighted by molar-refractivity contribution is 0.0987. The number of anilines is 1. The maximum Gasteiger partial charge on any atom is 0.281 e. The molecule has 0 saturated carbocycles. The Labute approximate surface area is 195 Å². The molecule has 0 aliphatic heterocycles. The fourth-order valence-corrected chi connectivity index (χ4v) is 4.31. The molecule has 3 aromatic carbocycles. The molecule has 0 bridgehead atoms. The predicted molar refractivity (Wildman–Crippen MR) is 131 cm³/mol. The highest BCUT2D eigenvalue weighted by Gasteiger charge is 2.24. The van der Waals surface area contributed by atoms with Gasteiger partial charge in [0.2, 0.25) is 10.9 Å². The average Bonchev–Trinajstić information content (AvgIpc) is 3.26. The number of hydrogen-bond donors (Lipinski definition) is 0. The lowest BCUT2D eigenvalue weighted by Crippen LogP contribution is -2.25. The van der Waals surface area contributed by atoms with Crippen LogP contribution in [0.2, 0.25) is 0 Å². The summed E-state index contributed by atoms with van der Waals surface area (Å²) in [6.07, 6.45) is 1.63. The molecule has 0 saturated heterocycles. The molecule has 1 aromatic heterocycles. The number of hydrazone groups is 1. The largest absolute Gasteiger partial charge is 0.493 e. The van der Waals surface area contributed by atoms with Gasteiger partial charge >= 0.3 is 0 Å². The molecule has 0 aliphatic rings. The number of methoxy groups -OCH3 is 3. The number of fused-ring (bicyclic) bond motifs is 1. The van der Waals surface area contributed by atoms with Crippen LogP contribution in [-0.4, -0.2) is 38.4 Å². The topological polar surface area (TPSA) is 73.2 Å². The van der Waals surface area contributed by atoms with Gasteiger partial charge in [0.1, 0.15) is 0 Å². The van der Waals surface area contributed by atoms with Crippen LogP contribution < -0.4 is 19.2 Å². The minimum atomic E-state index is -0.378. The molecule has 7 nitrogen and oxygen atoms in total. The lowest BCUT2D eigenvalue weighted by Gasteiger charge is -2.17. The molecule has 1 heterocycles. The third-order valence-electron chi connectivity index (χ3n) is 4.94. The van der Waals surface area contributed by atoms with E-state index in [2.05, 4.69) is 10.1 Å². The maximum atomic E-state index is 13.7. The van der Waals surface area contributed by atoms with Crippen molar-refractivity contribution in [2.24, 2.45) is 5.10 Å². The third-order valence-corrected chi connectivity index (χ3v) is 5.93. The van der Waals surface area contributed by atoms with Gasteiger partial charge in [0, 0.05) is 5.56 Å². The lowest BCUT2D eigenvalue weighted by atomic mass is 10.1. The van der Waals surface area contributed by atoms with Crippen LogP contribution in [0.5, 0.6) is 17.2 Å². The fraction of sp³-hybridized carbons (Fsp3) is 0.160. The Morgan fingerprint density at radius 3 is 2.30 bits per heavy atom. The van der Waals surface area contributed by atoms with Crippen molar-refractivity contribution >= 4 is 38.8 Å². The Bertz CT molecular complexity index is 1290. The predicted octanol–water partition coefficient (Wildman–Crippen LogP) is 5.31. The first-order valence-corrected chi connectivity index (χ1v) is 11.0. The summed E-state index contributed by atoms with van der Waals surface area (Å²) >= 11 is 1.40. The van der Waals surface area contributed by atoms with Crippen LogP contribution in [0.1, 0.15) is 21.5 Å². The Morgan fingerprint density at radius 2 is 1.67 bits per heavy atom. The second-order valence-corrected chi connectivity index (χ2v) is 8.16. The number of aryl methyl sites for hydroxylation is 1. The zero-order chi connectivity index (χ0) is 23.4. The molecule has 0 N–H and O–H groups in total. The van der Waals surface area contributed by atoms with Crippen molar-refractivity contribution in [2.45, 2.75) is 6.92 Å². The first-order valence-electron chi connectivity index (χ1n) is 10.1. The van der Waals surface area contributed by atoms with E-state index in [1.54, 1.807) is 18.3 Å². The van der Waals surface area contributed by atoms with Crippen molar-refractivity contribution in [1.29, 1.82) is 0 Å². The van der Waals surface area contributed by atoms with Crippen molar-refractivity contribution < 1.29 is 19.0 Å². The van der Waals surface area contributed by atoms with Gasteiger partial charge in [0.25, 0.3) is 5.91 Å². The second-order valence-electron chi connectivity index (χ2n) is 7.15. The number of ether oxygens (including phenoxy) is 3. The van der Waals surface area contributed by atoms with Crippen LogP contribution in [0, 0.1) is 6.92 Å². The number of thiazole rings is 1. The van der Waals surface area contributed by atoms with Gasteiger partial charge in [0.05, 0.1) is 37.8 Å². The SMILES string of the molecule is COc1cc(C(=O)N(/N=C/c2ccccc2)c2nc3ccc(C)cc3s2)cc(OC)c1OC. The summed E-state index contributed by atoms with van der Waals surface area (Å²) < 4.78 is 17.2. The van der Waals surface area contributed by atoms with E-state index in [0.717, 1.165) is 21.3 Å². The molecule has 0 unspecified atom stereocenters. The number of hydrogen-bond acceptors (Lipinski definition) is 7. The quantitative estimate of drug-likeness (QED) is 0.275. The van der Waals surface area contributed by atoms with Crippen LogP contribution in [-0.2, 0) is 0 Å². The number of rotatable bonds is 7. The van der Waals surface area contributed by atoms with Gasteiger partial charge in [-0.15, -0.1) is 0 Å². The monoisotopic (exact) mass is 461 g/mol. The third kappa shape index (κ3) is 4.65. The molecular weight excluding hydrogens is 438 g/mol. The average molecular weight is 462 g/mol. The van der Waals surface area contributed by atoms with E-state index < -0.39 is 0 Å². The molecule has 0 radical (unpaired) electrons. The number of benzene rings is 3. The molecule has 1 amide bonds. The number of carbonyl (C=O) groups excluding carboxylic acids is 1. The van der Waals surface area contributed by atoms with Gasteiger partial charge in [-0.25, -0.2) is 4.98 Å². The molecule has 0 atom stereocenters. The van der Waals surface area contributed by atoms with Crippen LogP contribution >= 0.6 is 11.3 Å². The Hall–Kier alpha value is -3.91. The Morgan fingerprint density at radius 1 is 0.970 bits per heavy atom. The molecular formula is C25H23N3O4S. The Kier molecular flexibility index (Phi) is 6.55. The van der Waals surface area contributed by atoms with E-state index in [0.29, 0.717) is 27.9 Å². The van der Waals surface area contributed by atoms with Crippen molar-refractivity contribution in [3.63, 3.8) is 0 Å². The highest BCUT2D eigenvalue weighted by atomic mass is 32.1. The van der Waals surface area contributed by atoms with E-state index >= 15 is 0 Å². The molecule has 4 rings (SSSR count). The standard InChI is InChI=1S/C25H23N3O4S/c1-16-10-11-19-22(12-16)33-25(27-19)28(26-15-17-8-6-5-7-9-17)24(29)18-13-20(30-2)23(32-4)21(14-18)31-3/h5-15H,1-4H3/b26-15+. The summed E-state index contributed by atoms with van der Waals surface area (Å²) in [6, 6.07) is 18.7. The maximum absolute atomic E-state index is 13.7. The summed E-state index contributed by atoms with van der Waals surface area (Å²) in [5.41, 5.74) is 3.11. The number of carbonyl (C=O) groups is 1. The van der Waals surface area contributed by atoms with Crippen molar-refractivity contribution in [3.8, 4) is 17.2 Å². The molecule has 4 aromatic rings. The molecule has 33 heavy (non-hydrogen) atoms. The smallest absolute Gasteiger partial charge is 0.281 e. The van der Waals surface area contributed by atoms with E-state index in [9.17, 15) is 4.79 Å². The Balaban J connectivity index is 1.81. The molecule has 0 aliphatic carbocycles. The number of nitrogens with zero attached hydrogens (tertiary/aromatic N) is 3. The van der Waals surface area contributed by atoms with Crippen LogP contribution in [0.4, 0.5) is 5.13 Å². The molecule has 168 valence electrons. The normalized spacial score (nSPS) is 11.0. The zero-order valence-electron chi connectivity index (χ0n) is 18.7. The van der Waals surface area contributed by atoms with Crippen LogP contribution in [0.15, 0.2) is 65.8 Å². The summed E-state index contributed by atoms with van der Waals surface area (Å²) in [5, 5.41) is 6.26. The van der Waals surface area contributed by atoms with Crippen molar-refractivity contribution in [1.82, 2.24) is 4.98 Å². The van der Waals surface area contributed by atoms with Gasteiger partial charge in [-0.2, -0.15) is 10.1 Å². The van der Waals surface area contributed by atoms with Gasteiger partial charge < -0.3 is 14.2 Å². The minimum absolute atomic E-state index is 0.324. The number of aromatic nitrogens is 1. The highest BCUT2D eigenvalue weighted by Crippen LogP contribution is 2.39. The second kappa shape index (κ2) is 9.70. The number of amides is 1. The fourth-order valence-electron chi connectivity index (χ4n) is 3.29. The summed E-state index contributed by atoms with van der Waals surface area (Å²) in [6.45, 7) is 2.02. The zero-order valence-corrected chi connectivity index (χ0v) is 19.6. The molecule has 0 fully saturated rings. The minimum Gasteiger partial charge on any atom is -0.493 e. The summed E-state index contributed by atoms with van der Waals surface area (Å²) in [7, 11) is 4.53. The summed E-state index contributed by atoms with van der Waals surface area (Å²) in [4.78, 5) is 18.3. The van der Waals surface area contributed by atoms with Crippen LogP contribution in [0.25, 0.3) is 10.2 Å². The van der Waals surface area contributed by atoms with E-state index in [1.807, 2.05) is 55.5 Å². The van der Waals surface area contributed by atoms with Gasteiger partial charge in [0.15, 0.2) is 11.5 Å².